The summed E-state index contributed by atoms with van der Waals surface area (Å²) in [6, 6.07) is 1.37. The van der Waals surface area contributed by atoms with Crippen molar-refractivity contribution >= 4 is 11.9 Å². The van der Waals surface area contributed by atoms with Crippen LogP contribution in [0.1, 0.15) is 0 Å². The molecule has 0 saturated heterocycles. The van der Waals surface area contributed by atoms with E-state index >= 15 is 0 Å². The number of nitrogens with one attached hydrogen (secondary N) is 1. The van der Waals surface area contributed by atoms with Crippen LogP contribution < -0.4 is 16.9 Å². The molecule has 15 heavy (non-hydrogen) atoms. The Hall–Kier alpha value is -2.44. The predicted molar refractivity (Wildman–Crippen MR) is 54.7 cm³/mol. The summed E-state index contributed by atoms with van der Waals surface area (Å²) < 4.78 is 0. The number of H-pyrrole nitrogens is 1. The number of aromatic amines is 1. The molecular weight excluding hydrogens is 196 g/mol. The molecule has 0 aliphatic rings. The molecule has 0 unspecified atom stereocenters. The van der Waals surface area contributed by atoms with Gasteiger partial charge >= 0.3 is 0 Å². The molecule has 7 heteroatoms. The average Bonchev–Trinajstić information content (AvgIpc) is 2.16. The van der Waals surface area contributed by atoms with Gasteiger partial charge in [0, 0.05) is 18.5 Å². The van der Waals surface area contributed by atoms with Crippen molar-refractivity contribution in [2.45, 2.75) is 0 Å². The summed E-state index contributed by atoms with van der Waals surface area (Å²) in [4.78, 5) is 25.4. The summed E-state index contributed by atoms with van der Waals surface area (Å²) in [6.45, 7) is 0. The molecule has 0 aliphatic heterocycles. The molecule has 0 aromatic carbocycles. The molecule has 0 bridgehead atoms. The van der Waals surface area contributed by atoms with E-state index in [-0.39, 0.29) is 23.1 Å². The van der Waals surface area contributed by atoms with Gasteiger partial charge in [-0.05, 0) is 0 Å². The maximum absolute atomic E-state index is 11.4. The van der Waals surface area contributed by atoms with Crippen molar-refractivity contribution in [2.24, 2.45) is 0 Å². The molecule has 0 spiro atoms. The number of nitrogens with zero attached hydrogens (tertiary/aromatic N) is 3. The molecule has 0 radical (unpaired) electrons. The number of pyridine rings is 1. The molecule has 2 aromatic rings. The second-order valence-corrected chi connectivity index (χ2v) is 2.80. The van der Waals surface area contributed by atoms with E-state index in [4.69, 9.17) is 11.5 Å². The van der Waals surface area contributed by atoms with Crippen LogP contribution in [0.25, 0.3) is 11.4 Å². The number of hydrogen-bond donors (Lipinski definition) is 3. The van der Waals surface area contributed by atoms with Crippen molar-refractivity contribution in [2.75, 3.05) is 11.5 Å². The highest BCUT2D eigenvalue weighted by atomic mass is 16.1. The molecule has 2 rings (SSSR count). The Bertz CT molecular complexity index is 529. The zero-order valence-electron chi connectivity index (χ0n) is 7.64. The van der Waals surface area contributed by atoms with E-state index in [0.29, 0.717) is 5.56 Å². The van der Waals surface area contributed by atoms with Crippen molar-refractivity contribution in [1.29, 1.82) is 0 Å². The molecule has 7 nitrogen and oxygen atoms in total. The maximum atomic E-state index is 11.4. The minimum atomic E-state index is -0.209. The SMILES string of the molecule is Nc1nc(N)nc(-c2c[nH]ccc2=O)n1. The molecule has 0 atom stereocenters. The first kappa shape index (κ1) is 9.13. The lowest BCUT2D eigenvalue weighted by molar-refractivity contribution is 1.08. The fourth-order valence-electron chi connectivity index (χ4n) is 1.12. The van der Waals surface area contributed by atoms with E-state index in [2.05, 4.69) is 19.9 Å². The van der Waals surface area contributed by atoms with Crippen LogP contribution in [0, 0.1) is 0 Å². The molecule has 2 heterocycles. The Kier molecular flexibility index (Phi) is 2.05. The minimum absolute atomic E-state index is 0.0132. The Morgan fingerprint density at radius 2 is 1.80 bits per heavy atom. The second-order valence-electron chi connectivity index (χ2n) is 2.80. The number of rotatable bonds is 1. The van der Waals surface area contributed by atoms with Crippen LogP contribution in [0.4, 0.5) is 11.9 Å². The van der Waals surface area contributed by atoms with Crippen molar-refractivity contribution < 1.29 is 0 Å². The maximum Gasteiger partial charge on any atom is 0.225 e. The molecule has 0 fully saturated rings. The number of nitrogens with two attached hydrogens (primary N) is 2. The van der Waals surface area contributed by atoms with Gasteiger partial charge in [-0.25, -0.2) is 0 Å². The number of anilines is 2. The quantitative estimate of drug-likeness (QED) is 0.569. The summed E-state index contributed by atoms with van der Waals surface area (Å²) in [5.41, 5.74) is 10.9. The second kappa shape index (κ2) is 3.37. The Morgan fingerprint density at radius 3 is 2.40 bits per heavy atom. The highest BCUT2D eigenvalue weighted by Gasteiger charge is 2.07. The van der Waals surface area contributed by atoms with Gasteiger partial charge in [-0.3, -0.25) is 4.79 Å². The van der Waals surface area contributed by atoms with Gasteiger partial charge in [0.1, 0.15) is 0 Å². The first-order valence-electron chi connectivity index (χ1n) is 4.11. The van der Waals surface area contributed by atoms with Gasteiger partial charge in [0.15, 0.2) is 11.3 Å². The average molecular weight is 204 g/mol. The first-order valence-corrected chi connectivity index (χ1v) is 4.11. The summed E-state index contributed by atoms with van der Waals surface area (Å²) in [6.07, 6.45) is 3.00. The van der Waals surface area contributed by atoms with Crippen molar-refractivity contribution in [1.82, 2.24) is 19.9 Å². The van der Waals surface area contributed by atoms with Gasteiger partial charge in [0.2, 0.25) is 11.9 Å². The van der Waals surface area contributed by atoms with Gasteiger partial charge in [-0.15, -0.1) is 0 Å². The Labute approximate surface area is 84.2 Å². The summed E-state index contributed by atoms with van der Waals surface area (Å²) in [5.74, 6) is 0.142. The lowest BCUT2D eigenvalue weighted by Gasteiger charge is -2.00. The summed E-state index contributed by atoms with van der Waals surface area (Å²) >= 11 is 0. The molecular formula is C8H8N6O. The fraction of sp³-hybridized carbons (Fsp3) is 0. The predicted octanol–water partition coefficient (Wildman–Crippen LogP) is -0.609. The lowest BCUT2D eigenvalue weighted by Crippen LogP contribution is -2.09. The van der Waals surface area contributed by atoms with Gasteiger partial charge in [-0.1, -0.05) is 0 Å². The lowest BCUT2D eigenvalue weighted by atomic mass is 10.2. The third-order valence-electron chi connectivity index (χ3n) is 1.73. The third kappa shape index (κ3) is 1.75. The zero-order chi connectivity index (χ0) is 10.8. The fourth-order valence-corrected chi connectivity index (χ4v) is 1.12. The van der Waals surface area contributed by atoms with E-state index in [9.17, 15) is 4.79 Å². The van der Waals surface area contributed by atoms with Gasteiger partial charge in [0.05, 0.1) is 5.56 Å². The van der Waals surface area contributed by atoms with E-state index < -0.39 is 0 Å². The van der Waals surface area contributed by atoms with E-state index in [1.807, 2.05) is 0 Å². The highest BCUT2D eigenvalue weighted by molar-refractivity contribution is 5.55. The van der Waals surface area contributed by atoms with E-state index in [0.717, 1.165) is 0 Å². The largest absolute Gasteiger partial charge is 0.368 e. The van der Waals surface area contributed by atoms with Crippen LogP contribution >= 0.6 is 0 Å². The van der Waals surface area contributed by atoms with E-state index in [1.165, 1.54) is 18.5 Å². The van der Waals surface area contributed by atoms with Crippen LogP contribution in [0.5, 0.6) is 0 Å². The van der Waals surface area contributed by atoms with Crippen molar-refractivity contribution in [3.05, 3.63) is 28.7 Å². The highest BCUT2D eigenvalue weighted by Crippen LogP contribution is 2.09. The van der Waals surface area contributed by atoms with Crippen LogP contribution in [0.3, 0.4) is 0 Å². The van der Waals surface area contributed by atoms with Crippen LogP contribution in [-0.2, 0) is 0 Å². The van der Waals surface area contributed by atoms with Crippen LogP contribution in [0.2, 0.25) is 0 Å². The number of aromatic nitrogens is 4. The van der Waals surface area contributed by atoms with Crippen LogP contribution in [-0.4, -0.2) is 19.9 Å². The van der Waals surface area contributed by atoms with Crippen molar-refractivity contribution in [3.8, 4) is 11.4 Å². The summed E-state index contributed by atoms with van der Waals surface area (Å²) in [7, 11) is 0. The third-order valence-corrected chi connectivity index (χ3v) is 1.73. The molecule has 76 valence electrons. The zero-order valence-corrected chi connectivity index (χ0v) is 7.64. The molecule has 0 aliphatic carbocycles. The first-order chi connectivity index (χ1) is 7.16. The Morgan fingerprint density at radius 1 is 1.13 bits per heavy atom. The summed E-state index contributed by atoms with van der Waals surface area (Å²) in [5, 5.41) is 0. The number of hydrogen-bond acceptors (Lipinski definition) is 6. The van der Waals surface area contributed by atoms with Crippen LogP contribution in [0.15, 0.2) is 23.3 Å². The van der Waals surface area contributed by atoms with Crippen molar-refractivity contribution in [3.63, 3.8) is 0 Å². The Balaban J connectivity index is 2.64. The molecule has 2 aromatic heterocycles. The molecule has 5 N–H and O–H groups in total. The van der Waals surface area contributed by atoms with Gasteiger partial charge < -0.3 is 16.5 Å². The van der Waals surface area contributed by atoms with E-state index in [1.54, 1.807) is 0 Å². The molecule has 0 saturated carbocycles. The number of nitrogen functional groups attached to an aromatic ring is 2. The minimum Gasteiger partial charge on any atom is -0.368 e. The smallest absolute Gasteiger partial charge is 0.225 e. The monoisotopic (exact) mass is 204 g/mol. The topological polar surface area (TPSA) is 124 Å². The van der Waals surface area contributed by atoms with Gasteiger partial charge in [-0.2, -0.15) is 15.0 Å². The normalized spacial score (nSPS) is 10.1. The standard InChI is InChI=1S/C8H8N6O/c9-7-12-6(13-8(10)14-7)4-3-11-2-1-5(4)15/h1-3H,(H,11,15)(H4,9,10,12,13,14). The van der Waals surface area contributed by atoms with Gasteiger partial charge in [0.25, 0.3) is 0 Å². The molecule has 0 amide bonds.